The summed E-state index contributed by atoms with van der Waals surface area (Å²) >= 11 is 6.59. The summed E-state index contributed by atoms with van der Waals surface area (Å²) in [6.45, 7) is 0.703. The number of carbonyl (C=O) groups is 2. The second-order valence-electron chi connectivity index (χ2n) is 6.77. The van der Waals surface area contributed by atoms with E-state index in [0.29, 0.717) is 37.8 Å². The van der Waals surface area contributed by atoms with Gasteiger partial charge < -0.3 is 24.3 Å². The minimum Gasteiger partial charge on any atom is -0.493 e. The number of methoxy groups -OCH3 is 2. The van der Waals surface area contributed by atoms with Crippen LogP contribution in [0.1, 0.15) is 15.9 Å². The van der Waals surface area contributed by atoms with Gasteiger partial charge in [0.2, 0.25) is 6.79 Å². The van der Waals surface area contributed by atoms with E-state index >= 15 is 0 Å². The molecule has 10 heteroatoms. The molecule has 1 N–H and O–H groups in total. The highest BCUT2D eigenvalue weighted by atomic mass is 32.2. The second kappa shape index (κ2) is 9.49. The smallest absolute Gasteiger partial charge is 0.266 e. The highest BCUT2D eigenvalue weighted by molar-refractivity contribution is 8.26. The van der Waals surface area contributed by atoms with Gasteiger partial charge in [0.25, 0.3) is 11.8 Å². The topological polar surface area (TPSA) is 86.3 Å². The van der Waals surface area contributed by atoms with E-state index in [0.717, 1.165) is 5.56 Å². The zero-order chi connectivity index (χ0) is 22.7. The Morgan fingerprint density at radius 2 is 1.94 bits per heavy atom. The van der Waals surface area contributed by atoms with Gasteiger partial charge in [-0.2, -0.15) is 0 Å². The summed E-state index contributed by atoms with van der Waals surface area (Å²) in [5, 5.41) is 2.80. The fraction of sp³-hybridized carbons (Fsp3) is 0.227. The van der Waals surface area contributed by atoms with Crippen LogP contribution in [0.4, 0.5) is 0 Å². The molecule has 2 heterocycles. The third-order valence-electron chi connectivity index (χ3n) is 4.83. The average molecular weight is 473 g/mol. The quantitative estimate of drug-likeness (QED) is 0.486. The Morgan fingerprint density at radius 1 is 1.16 bits per heavy atom. The maximum absolute atomic E-state index is 12.8. The number of benzene rings is 2. The highest BCUT2D eigenvalue weighted by Gasteiger charge is 2.31. The molecule has 1 fully saturated rings. The number of ether oxygens (including phenoxy) is 4. The van der Waals surface area contributed by atoms with Gasteiger partial charge in [-0.25, -0.2) is 0 Å². The van der Waals surface area contributed by atoms with Gasteiger partial charge in [0.05, 0.1) is 19.1 Å². The number of nitrogens with one attached hydrogen (secondary N) is 1. The predicted molar refractivity (Wildman–Crippen MR) is 124 cm³/mol. The fourth-order valence-corrected chi connectivity index (χ4v) is 4.52. The number of thioether (sulfide) groups is 1. The molecule has 2 aliphatic rings. The zero-order valence-corrected chi connectivity index (χ0v) is 19.0. The summed E-state index contributed by atoms with van der Waals surface area (Å²) in [6.07, 6.45) is 1.77. The third kappa shape index (κ3) is 4.51. The normalized spacial score (nSPS) is 15.9. The molecule has 2 aliphatic heterocycles. The van der Waals surface area contributed by atoms with E-state index in [9.17, 15) is 9.59 Å². The Morgan fingerprint density at radius 3 is 2.72 bits per heavy atom. The number of rotatable bonds is 7. The van der Waals surface area contributed by atoms with Crippen LogP contribution in [-0.4, -0.2) is 55.1 Å². The van der Waals surface area contributed by atoms with E-state index < -0.39 is 0 Å². The molecule has 8 nitrogen and oxygen atoms in total. The Kier molecular flexibility index (Phi) is 6.52. The standard InChI is InChI=1S/C22H20N2O6S2/c1-27-15-6-4-14(11-17(15)28-2)20(25)23-7-8-24-21(26)19(32-22(24)31)10-13-3-5-16-18(9-13)30-12-29-16/h3-6,9-11H,7-8,12H2,1-2H3,(H,23,25). The number of thiocarbonyl (C=S) groups is 1. The van der Waals surface area contributed by atoms with Crippen molar-refractivity contribution in [3.8, 4) is 23.0 Å². The lowest BCUT2D eigenvalue weighted by Gasteiger charge is -2.15. The molecule has 2 amide bonds. The first kappa shape index (κ1) is 22.0. The lowest BCUT2D eigenvalue weighted by atomic mass is 10.2. The van der Waals surface area contributed by atoms with Crippen LogP contribution in [0.25, 0.3) is 6.08 Å². The largest absolute Gasteiger partial charge is 0.493 e. The summed E-state index contributed by atoms with van der Waals surface area (Å²) in [6, 6.07) is 10.4. The molecule has 32 heavy (non-hydrogen) atoms. The first-order valence-corrected chi connectivity index (χ1v) is 10.9. The van der Waals surface area contributed by atoms with E-state index in [4.69, 9.17) is 31.2 Å². The lowest BCUT2D eigenvalue weighted by molar-refractivity contribution is -0.122. The van der Waals surface area contributed by atoms with Crippen molar-refractivity contribution in [3.63, 3.8) is 0 Å². The molecule has 4 rings (SSSR count). The average Bonchev–Trinajstić information content (AvgIpc) is 3.37. The van der Waals surface area contributed by atoms with Crippen LogP contribution in [0.3, 0.4) is 0 Å². The molecule has 1 saturated heterocycles. The molecular formula is C22H20N2O6S2. The van der Waals surface area contributed by atoms with Crippen molar-refractivity contribution in [1.82, 2.24) is 10.2 Å². The van der Waals surface area contributed by atoms with Crippen LogP contribution >= 0.6 is 24.0 Å². The second-order valence-corrected chi connectivity index (χ2v) is 8.45. The summed E-state index contributed by atoms with van der Waals surface area (Å²) in [5.41, 5.74) is 1.24. The van der Waals surface area contributed by atoms with Crippen LogP contribution in [-0.2, 0) is 4.79 Å². The van der Waals surface area contributed by atoms with E-state index in [1.165, 1.54) is 30.9 Å². The van der Waals surface area contributed by atoms with Gasteiger partial charge >= 0.3 is 0 Å². The fourth-order valence-electron chi connectivity index (χ4n) is 3.21. The minimum absolute atomic E-state index is 0.190. The molecule has 0 saturated carbocycles. The number of carbonyl (C=O) groups excluding carboxylic acids is 2. The van der Waals surface area contributed by atoms with Gasteiger partial charge in [-0.3, -0.25) is 14.5 Å². The SMILES string of the molecule is COc1ccc(C(=O)NCCN2C(=O)C(=Cc3ccc4c(c3)OCO4)SC2=S)cc1OC. The van der Waals surface area contributed by atoms with E-state index in [1.807, 2.05) is 12.1 Å². The monoisotopic (exact) mass is 472 g/mol. The summed E-state index contributed by atoms with van der Waals surface area (Å²) in [5.74, 6) is 1.85. The molecule has 0 radical (unpaired) electrons. The van der Waals surface area contributed by atoms with Gasteiger partial charge in [0, 0.05) is 18.7 Å². The van der Waals surface area contributed by atoms with Crippen molar-refractivity contribution in [2.24, 2.45) is 0 Å². The van der Waals surface area contributed by atoms with Crippen LogP contribution in [0.5, 0.6) is 23.0 Å². The maximum Gasteiger partial charge on any atom is 0.266 e. The van der Waals surface area contributed by atoms with E-state index in [2.05, 4.69) is 5.32 Å². The number of hydrogen-bond acceptors (Lipinski definition) is 8. The molecule has 166 valence electrons. The van der Waals surface area contributed by atoms with E-state index in [1.54, 1.807) is 30.3 Å². The van der Waals surface area contributed by atoms with Crippen LogP contribution in [0.15, 0.2) is 41.3 Å². The molecule has 0 unspecified atom stereocenters. The molecule has 0 bridgehead atoms. The zero-order valence-electron chi connectivity index (χ0n) is 17.4. The molecule has 0 spiro atoms. The Bertz CT molecular complexity index is 1120. The molecule has 2 aromatic carbocycles. The van der Waals surface area contributed by atoms with Gasteiger partial charge in [0.1, 0.15) is 4.32 Å². The third-order valence-corrected chi connectivity index (χ3v) is 6.21. The highest BCUT2D eigenvalue weighted by Crippen LogP contribution is 2.36. The van der Waals surface area contributed by atoms with Crippen molar-refractivity contribution < 1.29 is 28.5 Å². The number of amides is 2. The van der Waals surface area contributed by atoms with Gasteiger partial charge in [0.15, 0.2) is 23.0 Å². The number of nitrogens with zero attached hydrogens (tertiary/aromatic N) is 1. The van der Waals surface area contributed by atoms with E-state index in [-0.39, 0.29) is 31.7 Å². The van der Waals surface area contributed by atoms with Crippen LogP contribution < -0.4 is 24.3 Å². The van der Waals surface area contributed by atoms with Crippen molar-refractivity contribution in [2.75, 3.05) is 34.1 Å². The Hall–Kier alpha value is -3.24. The molecular weight excluding hydrogens is 452 g/mol. The number of hydrogen-bond donors (Lipinski definition) is 1. The Balaban J connectivity index is 1.36. The summed E-state index contributed by atoms with van der Waals surface area (Å²) in [7, 11) is 3.03. The van der Waals surface area contributed by atoms with Gasteiger partial charge in [-0.1, -0.05) is 30.0 Å². The molecule has 2 aromatic rings. The molecule has 0 atom stereocenters. The Labute approximate surface area is 194 Å². The summed E-state index contributed by atoms with van der Waals surface area (Å²) < 4.78 is 21.5. The number of fused-ring (bicyclic) bond motifs is 1. The van der Waals surface area contributed by atoms with Crippen molar-refractivity contribution in [1.29, 1.82) is 0 Å². The minimum atomic E-state index is -0.285. The van der Waals surface area contributed by atoms with Crippen molar-refractivity contribution in [3.05, 3.63) is 52.4 Å². The van der Waals surface area contributed by atoms with Crippen LogP contribution in [0, 0.1) is 0 Å². The maximum atomic E-state index is 12.8. The lowest BCUT2D eigenvalue weighted by Crippen LogP contribution is -2.37. The predicted octanol–water partition coefficient (Wildman–Crippen LogP) is 3.06. The summed E-state index contributed by atoms with van der Waals surface area (Å²) in [4.78, 5) is 27.3. The van der Waals surface area contributed by atoms with Gasteiger partial charge in [-0.05, 0) is 42.0 Å². The molecule has 0 aliphatic carbocycles. The first-order chi connectivity index (χ1) is 15.5. The van der Waals surface area contributed by atoms with Crippen LogP contribution in [0.2, 0.25) is 0 Å². The van der Waals surface area contributed by atoms with Crippen molar-refractivity contribution >= 4 is 46.2 Å². The molecule has 0 aromatic heterocycles. The van der Waals surface area contributed by atoms with Crippen molar-refractivity contribution in [2.45, 2.75) is 0 Å². The first-order valence-electron chi connectivity index (χ1n) is 9.65. The van der Waals surface area contributed by atoms with Gasteiger partial charge in [-0.15, -0.1) is 0 Å².